The van der Waals surface area contributed by atoms with Crippen LogP contribution in [0.25, 0.3) is 0 Å². The molecule has 1 aromatic rings. The van der Waals surface area contributed by atoms with Crippen LogP contribution in [0.5, 0.6) is 0 Å². The minimum atomic E-state index is -4.08. The van der Waals surface area contributed by atoms with E-state index in [0.717, 1.165) is 12.7 Å². The van der Waals surface area contributed by atoms with Crippen LogP contribution in [0.4, 0.5) is 0 Å². The first-order chi connectivity index (χ1) is 9.36. The molecule has 20 heavy (non-hydrogen) atoms. The number of sulfone groups is 1. The number of ether oxygens (including phenoxy) is 1. The molecule has 1 N–H and O–H groups in total. The lowest BCUT2D eigenvalue weighted by Gasteiger charge is -2.30. The predicted octanol–water partition coefficient (Wildman–Crippen LogP) is 1.12. The van der Waals surface area contributed by atoms with E-state index in [9.17, 15) is 18.4 Å². The smallest absolute Gasteiger partial charge is 0.344 e. The van der Waals surface area contributed by atoms with Crippen LogP contribution in [0, 0.1) is 6.92 Å². The summed E-state index contributed by atoms with van der Waals surface area (Å²) in [5.74, 6) is -0.960. The average Bonchev–Trinajstić information content (AvgIpc) is 2.81. The molecular formula is C13H17NO5S. The van der Waals surface area contributed by atoms with E-state index in [-0.39, 0.29) is 17.9 Å². The molecule has 6 nitrogen and oxygen atoms in total. The molecule has 7 heteroatoms. The summed E-state index contributed by atoms with van der Waals surface area (Å²) in [6, 6.07) is 6.16. The van der Waals surface area contributed by atoms with Gasteiger partial charge in [-0.2, -0.15) is 5.06 Å². The number of carbonyl (C=O) groups is 1. The number of esters is 1. The second-order valence-electron chi connectivity index (χ2n) is 4.82. The maximum absolute atomic E-state index is 12.8. The number of hydrogen-bond donors (Lipinski definition) is 1. The molecule has 1 heterocycles. The van der Waals surface area contributed by atoms with Crippen molar-refractivity contribution in [2.75, 3.05) is 13.7 Å². The SMILES string of the molecule is COC(=O)[C@]1(S(=O)(=O)c2ccc(C)cc2)CCCN1O. The van der Waals surface area contributed by atoms with Crippen LogP contribution < -0.4 is 0 Å². The fraction of sp³-hybridized carbons (Fsp3) is 0.462. The van der Waals surface area contributed by atoms with Crippen molar-refractivity contribution in [1.29, 1.82) is 0 Å². The maximum Gasteiger partial charge on any atom is 0.344 e. The van der Waals surface area contributed by atoms with Gasteiger partial charge in [-0.15, -0.1) is 0 Å². The molecule has 0 saturated carbocycles. The van der Waals surface area contributed by atoms with Gasteiger partial charge < -0.3 is 9.94 Å². The molecular weight excluding hydrogens is 282 g/mol. The number of hydroxylamine groups is 2. The van der Waals surface area contributed by atoms with E-state index in [0.29, 0.717) is 11.5 Å². The highest BCUT2D eigenvalue weighted by molar-refractivity contribution is 7.93. The van der Waals surface area contributed by atoms with Crippen LogP contribution >= 0.6 is 0 Å². The number of methoxy groups -OCH3 is 1. The molecule has 0 aliphatic carbocycles. The number of nitrogens with zero attached hydrogens (tertiary/aromatic N) is 1. The highest BCUT2D eigenvalue weighted by Crippen LogP contribution is 2.38. The van der Waals surface area contributed by atoms with Crippen LogP contribution in [0.3, 0.4) is 0 Å². The Morgan fingerprint density at radius 1 is 1.35 bits per heavy atom. The zero-order valence-corrected chi connectivity index (χ0v) is 12.2. The topological polar surface area (TPSA) is 83.9 Å². The Morgan fingerprint density at radius 2 is 1.95 bits per heavy atom. The Labute approximate surface area is 117 Å². The summed E-state index contributed by atoms with van der Waals surface area (Å²) in [6.45, 7) is 1.95. The fourth-order valence-electron chi connectivity index (χ4n) is 2.44. The van der Waals surface area contributed by atoms with E-state index in [4.69, 9.17) is 0 Å². The third-order valence-electron chi connectivity index (χ3n) is 3.58. The molecule has 0 amide bonds. The predicted molar refractivity (Wildman–Crippen MR) is 70.8 cm³/mol. The largest absolute Gasteiger partial charge is 0.467 e. The van der Waals surface area contributed by atoms with Crippen LogP contribution in [0.2, 0.25) is 0 Å². The van der Waals surface area contributed by atoms with Crippen molar-refractivity contribution >= 4 is 15.8 Å². The van der Waals surface area contributed by atoms with Crippen LogP contribution in [-0.2, 0) is 19.4 Å². The van der Waals surface area contributed by atoms with E-state index in [2.05, 4.69) is 4.74 Å². The van der Waals surface area contributed by atoms with Crippen molar-refractivity contribution in [3.05, 3.63) is 29.8 Å². The molecule has 0 spiro atoms. The normalized spacial score (nSPS) is 23.8. The summed E-state index contributed by atoms with van der Waals surface area (Å²) >= 11 is 0. The molecule has 1 aromatic carbocycles. The maximum atomic E-state index is 12.8. The van der Waals surface area contributed by atoms with Crippen LogP contribution in [0.1, 0.15) is 18.4 Å². The summed E-state index contributed by atoms with van der Waals surface area (Å²) in [7, 11) is -2.96. The number of carbonyl (C=O) groups excluding carboxylic acids is 1. The zero-order chi connectivity index (χ0) is 15.0. The lowest BCUT2D eigenvalue weighted by Crippen LogP contribution is -2.55. The van der Waals surface area contributed by atoms with Crippen LogP contribution in [0.15, 0.2) is 29.2 Å². The van der Waals surface area contributed by atoms with Gasteiger partial charge in [0.15, 0.2) is 0 Å². The van der Waals surface area contributed by atoms with Gasteiger partial charge >= 0.3 is 5.97 Å². The first-order valence-corrected chi connectivity index (χ1v) is 7.71. The molecule has 0 radical (unpaired) electrons. The van der Waals surface area contributed by atoms with Crippen molar-refractivity contribution in [1.82, 2.24) is 5.06 Å². The number of hydrogen-bond acceptors (Lipinski definition) is 6. The molecule has 0 bridgehead atoms. The lowest BCUT2D eigenvalue weighted by atomic mass is 10.2. The molecule has 110 valence electrons. The fourth-order valence-corrected chi connectivity index (χ4v) is 4.41. The monoisotopic (exact) mass is 299 g/mol. The van der Waals surface area contributed by atoms with Gasteiger partial charge in [0.25, 0.3) is 0 Å². The molecule has 1 saturated heterocycles. The quantitative estimate of drug-likeness (QED) is 0.842. The lowest BCUT2D eigenvalue weighted by molar-refractivity contribution is -0.171. The summed E-state index contributed by atoms with van der Waals surface area (Å²) < 4.78 is 30.2. The molecule has 0 aromatic heterocycles. The van der Waals surface area contributed by atoms with Gasteiger partial charge in [-0.1, -0.05) is 17.7 Å². The summed E-state index contributed by atoms with van der Waals surface area (Å²) in [4.78, 5) is 9.98. The standard InChI is InChI=1S/C13H17NO5S/c1-10-4-6-11(7-5-10)20(17,18)13(12(15)19-2)8-3-9-14(13)16/h4-7,16H,3,8-9H2,1-2H3/t13-/m1/s1. The van der Waals surface area contributed by atoms with E-state index >= 15 is 0 Å². The van der Waals surface area contributed by atoms with E-state index < -0.39 is 20.7 Å². The van der Waals surface area contributed by atoms with Crippen LogP contribution in [-0.4, -0.2) is 43.2 Å². The van der Waals surface area contributed by atoms with Crippen molar-refractivity contribution in [2.24, 2.45) is 0 Å². The number of aryl methyl sites for hydroxylation is 1. The van der Waals surface area contributed by atoms with Gasteiger partial charge in [-0.05, 0) is 31.9 Å². The van der Waals surface area contributed by atoms with Crippen molar-refractivity contribution in [2.45, 2.75) is 29.5 Å². The van der Waals surface area contributed by atoms with Gasteiger partial charge in [-0.25, -0.2) is 13.2 Å². The molecule has 1 atom stereocenters. The van der Waals surface area contributed by atoms with Gasteiger partial charge in [-0.3, -0.25) is 0 Å². The highest BCUT2D eigenvalue weighted by atomic mass is 32.2. The highest BCUT2D eigenvalue weighted by Gasteiger charge is 2.59. The Kier molecular flexibility index (Phi) is 3.86. The van der Waals surface area contributed by atoms with Crippen molar-refractivity contribution in [3.63, 3.8) is 0 Å². The Bertz CT molecular complexity index is 610. The zero-order valence-electron chi connectivity index (χ0n) is 11.4. The van der Waals surface area contributed by atoms with Crippen molar-refractivity contribution in [3.8, 4) is 0 Å². The van der Waals surface area contributed by atoms with Gasteiger partial charge in [0, 0.05) is 6.54 Å². The minimum absolute atomic E-state index is 0.00514. The van der Waals surface area contributed by atoms with Gasteiger partial charge in [0.05, 0.1) is 12.0 Å². The van der Waals surface area contributed by atoms with Gasteiger partial charge in [0.1, 0.15) is 0 Å². The molecule has 2 rings (SSSR count). The molecule has 1 fully saturated rings. The third kappa shape index (κ3) is 2.02. The van der Waals surface area contributed by atoms with E-state index in [1.165, 1.54) is 12.1 Å². The Morgan fingerprint density at radius 3 is 2.40 bits per heavy atom. The van der Waals surface area contributed by atoms with Gasteiger partial charge in [0.2, 0.25) is 14.7 Å². The second-order valence-corrected chi connectivity index (χ2v) is 6.97. The molecule has 1 aliphatic heterocycles. The summed E-state index contributed by atoms with van der Waals surface area (Å²) in [6.07, 6.45) is 0.406. The third-order valence-corrected chi connectivity index (χ3v) is 5.95. The van der Waals surface area contributed by atoms with E-state index in [1.54, 1.807) is 12.1 Å². The van der Waals surface area contributed by atoms with Crippen molar-refractivity contribution < 1.29 is 23.2 Å². The Hall–Kier alpha value is -1.44. The minimum Gasteiger partial charge on any atom is -0.467 e. The van der Waals surface area contributed by atoms with E-state index in [1.807, 2.05) is 6.92 Å². The number of rotatable bonds is 3. The average molecular weight is 299 g/mol. The second kappa shape index (κ2) is 5.16. The Balaban J connectivity index is 2.59. The number of benzene rings is 1. The molecule has 0 unspecified atom stereocenters. The first kappa shape index (κ1) is 15.0. The first-order valence-electron chi connectivity index (χ1n) is 6.22. The molecule has 1 aliphatic rings. The summed E-state index contributed by atoms with van der Waals surface area (Å²) in [5, 5.41) is 10.5. The summed E-state index contributed by atoms with van der Waals surface area (Å²) in [5.41, 5.74) is 0.906.